The minimum Gasteiger partial charge on any atom is -0.373 e. The van der Waals surface area contributed by atoms with Gasteiger partial charge in [0, 0.05) is 46.5 Å². The molecule has 0 bridgehead atoms. The maximum atomic E-state index is 4.64. The van der Waals surface area contributed by atoms with Gasteiger partial charge < -0.3 is 5.32 Å². The Balaban J connectivity index is 2.13. The predicted octanol–water partition coefficient (Wildman–Crippen LogP) is 3.09. The molecule has 2 aromatic heterocycles. The first-order valence-corrected chi connectivity index (χ1v) is 7.49. The summed E-state index contributed by atoms with van der Waals surface area (Å²) < 4.78 is 0.935. The lowest BCUT2D eigenvalue weighted by Crippen LogP contribution is -2.03. The lowest BCUT2D eigenvalue weighted by Gasteiger charge is -2.09. The molecule has 1 aliphatic heterocycles. The topological polar surface area (TPSA) is 50.7 Å². The number of aromatic nitrogens is 3. The van der Waals surface area contributed by atoms with Crippen molar-refractivity contribution in [3.63, 3.8) is 0 Å². The van der Waals surface area contributed by atoms with Gasteiger partial charge in [-0.2, -0.15) is 11.8 Å². The van der Waals surface area contributed by atoms with Crippen LogP contribution in [0.15, 0.2) is 22.9 Å². The zero-order valence-electron chi connectivity index (χ0n) is 9.77. The van der Waals surface area contributed by atoms with Gasteiger partial charge in [-0.3, -0.25) is 4.98 Å². The third-order valence-corrected chi connectivity index (χ3v) is 4.18. The molecule has 0 saturated carbocycles. The molecule has 0 aromatic carbocycles. The van der Waals surface area contributed by atoms with Gasteiger partial charge in [-0.05, 0) is 22.0 Å². The highest BCUT2D eigenvalue weighted by molar-refractivity contribution is 9.10. The van der Waals surface area contributed by atoms with E-state index in [1.54, 1.807) is 12.4 Å². The molecule has 0 aliphatic carbocycles. The van der Waals surface area contributed by atoms with Gasteiger partial charge >= 0.3 is 0 Å². The molecule has 0 fully saturated rings. The first-order chi connectivity index (χ1) is 8.78. The van der Waals surface area contributed by atoms with Crippen LogP contribution >= 0.6 is 27.7 Å². The Labute approximate surface area is 118 Å². The first kappa shape index (κ1) is 11.9. The number of rotatable bonds is 2. The molecule has 1 N–H and O–H groups in total. The van der Waals surface area contributed by atoms with Gasteiger partial charge in [-0.25, -0.2) is 9.97 Å². The standard InChI is InChI=1S/C12H11BrN4S/c1-14-12-9-5-18-6-10(9)16-11(17-12)7-2-8(13)4-15-3-7/h2-4H,5-6H2,1H3,(H,14,16,17). The molecule has 0 unspecified atom stereocenters. The van der Waals surface area contributed by atoms with E-state index in [9.17, 15) is 0 Å². The lowest BCUT2D eigenvalue weighted by atomic mass is 10.2. The van der Waals surface area contributed by atoms with Crippen LogP contribution in [-0.2, 0) is 11.5 Å². The molecular weight excluding hydrogens is 312 g/mol. The Kier molecular flexibility index (Phi) is 3.22. The predicted molar refractivity (Wildman–Crippen MR) is 77.5 cm³/mol. The van der Waals surface area contributed by atoms with Gasteiger partial charge in [0.15, 0.2) is 5.82 Å². The van der Waals surface area contributed by atoms with E-state index in [2.05, 4.69) is 36.2 Å². The van der Waals surface area contributed by atoms with E-state index in [0.29, 0.717) is 0 Å². The zero-order valence-corrected chi connectivity index (χ0v) is 12.2. The Morgan fingerprint density at radius 2 is 2.17 bits per heavy atom. The van der Waals surface area contributed by atoms with E-state index in [1.807, 2.05) is 24.9 Å². The minimum absolute atomic E-state index is 0.731. The summed E-state index contributed by atoms with van der Waals surface area (Å²) in [7, 11) is 1.90. The lowest BCUT2D eigenvalue weighted by molar-refractivity contribution is 1.07. The Bertz CT molecular complexity index is 603. The number of nitrogens with zero attached hydrogens (tertiary/aromatic N) is 3. The van der Waals surface area contributed by atoms with Crippen molar-refractivity contribution >= 4 is 33.5 Å². The van der Waals surface area contributed by atoms with E-state index in [0.717, 1.165) is 38.9 Å². The van der Waals surface area contributed by atoms with E-state index >= 15 is 0 Å². The summed E-state index contributed by atoms with van der Waals surface area (Å²) in [5.74, 6) is 3.61. The molecule has 2 aromatic rings. The number of nitrogens with one attached hydrogen (secondary N) is 1. The summed E-state index contributed by atoms with van der Waals surface area (Å²) in [5.41, 5.74) is 3.30. The molecule has 6 heteroatoms. The highest BCUT2D eigenvalue weighted by atomic mass is 79.9. The second kappa shape index (κ2) is 4.85. The van der Waals surface area contributed by atoms with Gasteiger partial charge in [0.05, 0.1) is 5.69 Å². The molecule has 1 aliphatic rings. The zero-order chi connectivity index (χ0) is 12.5. The highest BCUT2D eigenvalue weighted by Crippen LogP contribution is 2.34. The van der Waals surface area contributed by atoms with Crippen molar-refractivity contribution in [2.75, 3.05) is 12.4 Å². The quantitative estimate of drug-likeness (QED) is 0.920. The molecule has 0 spiro atoms. The monoisotopic (exact) mass is 322 g/mol. The van der Waals surface area contributed by atoms with Gasteiger partial charge in [-0.1, -0.05) is 0 Å². The average molecular weight is 323 g/mol. The number of fused-ring (bicyclic) bond motifs is 1. The molecule has 0 saturated heterocycles. The number of thioether (sulfide) groups is 1. The van der Waals surface area contributed by atoms with Crippen molar-refractivity contribution in [3.05, 3.63) is 34.2 Å². The van der Waals surface area contributed by atoms with Crippen molar-refractivity contribution in [3.8, 4) is 11.4 Å². The van der Waals surface area contributed by atoms with E-state index < -0.39 is 0 Å². The number of hydrogen-bond acceptors (Lipinski definition) is 5. The Hall–Kier alpha value is -1.14. The largest absolute Gasteiger partial charge is 0.373 e. The SMILES string of the molecule is CNc1nc(-c2cncc(Br)c2)nc2c1CSC2. The van der Waals surface area contributed by atoms with Gasteiger partial charge in [-0.15, -0.1) is 0 Å². The van der Waals surface area contributed by atoms with E-state index in [4.69, 9.17) is 0 Å². The second-order valence-electron chi connectivity index (χ2n) is 3.96. The fourth-order valence-electron chi connectivity index (χ4n) is 1.92. The number of anilines is 1. The van der Waals surface area contributed by atoms with Gasteiger partial charge in [0.25, 0.3) is 0 Å². The molecule has 0 atom stereocenters. The van der Waals surface area contributed by atoms with E-state index in [1.165, 1.54) is 5.56 Å². The van der Waals surface area contributed by atoms with Crippen molar-refractivity contribution in [2.45, 2.75) is 11.5 Å². The fraction of sp³-hybridized carbons (Fsp3) is 0.250. The van der Waals surface area contributed by atoms with Crippen molar-refractivity contribution in [2.24, 2.45) is 0 Å². The number of halogens is 1. The van der Waals surface area contributed by atoms with Crippen LogP contribution in [0.3, 0.4) is 0 Å². The maximum Gasteiger partial charge on any atom is 0.163 e. The van der Waals surface area contributed by atoms with Crippen molar-refractivity contribution in [1.29, 1.82) is 0 Å². The van der Waals surface area contributed by atoms with Crippen molar-refractivity contribution < 1.29 is 0 Å². The van der Waals surface area contributed by atoms with Crippen LogP contribution in [-0.4, -0.2) is 22.0 Å². The minimum atomic E-state index is 0.731. The number of hydrogen-bond donors (Lipinski definition) is 1. The molecule has 3 rings (SSSR count). The van der Waals surface area contributed by atoms with Crippen LogP contribution in [0.4, 0.5) is 5.82 Å². The summed E-state index contributed by atoms with van der Waals surface area (Å²) in [6.45, 7) is 0. The maximum absolute atomic E-state index is 4.64. The highest BCUT2D eigenvalue weighted by Gasteiger charge is 2.19. The van der Waals surface area contributed by atoms with Crippen LogP contribution in [0.1, 0.15) is 11.3 Å². The summed E-state index contributed by atoms with van der Waals surface area (Å²) in [6, 6.07) is 1.98. The fourth-order valence-corrected chi connectivity index (χ4v) is 3.33. The second-order valence-corrected chi connectivity index (χ2v) is 5.86. The normalized spacial score (nSPS) is 13.4. The third-order valence-electron chi connectivity index (χ3n) is 2.78. The first-order valence-electron chi connectivity index (χ1n) is 5.54. The Morgan fingerprint density at radius 1 is 1.28 bits per heavy atom. The van der Waals surface area contributed by atoms with Crippen molar-refractivity contribution in [1.82, 2.24) is 15.0 Å². The summed E-state index contributed by atoms with van der Waals surface area (Å²) in [6.07, 6.45) is 3.54. The van der Waals surface area contributed by atoms with Crippen LogP contribution in [0, 0.1) is 0 Å². The molecule has 4 nitrogen and oxygen atoms in total. The van der Waals surface area contributed by atoms with Gasteiger partial charge in [0.1, 0.15) is 5.82 Å². The molecule has 18 heavy (non-hydrogen) atoms. The molecule has 0 radical (unpaired) electrons. The van der Waals surface area contributed by atoms with Crippen LogP contribution in [0.25, 0.3) is 11.4 Å². The van der Waals surface area contributed by atoms with Crippen LogP contribution in [0.2, 0.25) is 0 Å². The Morgan fingerprint density at radius 3 is 2.94 bits per heavy atom. The van der Waals surface area contributed by atoms with Crippen LogP contribution < -0.4 is 5.32 Å². The summed E-state index contributed by atoms with van der Waals surface area (Å²) in [4.78, 5) is 13.4. The molecule has 92 valence electrons. The number of pyridine rings is 1. The van der Waals surface area contributed by atoms with Gasteiger partial charge in [0.2, 0.25) is 0 Å². The average Bonchev–Trinajstić information content (AvgIpc) is 2.85. The molecule has 0 amide bonds. The summed E-state index contributed by atoms with van der Waals surface area (Å²) in [5, 5.41) is 3.16. The smallest absolute Gasteiger partial charge is 0.163 e. The molecule has 3 heterocycles. The molecular formula is C12H11BrN4S. The van der Waals surface area contributed by atoms with E-state index in [-0.39, 0.29) is 0 Å². The summed E-state index contributed by atoms with van der Waals surface area (Å²) >= 11 is 5.29. The van der Waals surface area contributed by atoms with Crippen LogP contribution in [0.5, 0.6) is 0 Å². The third kappa shape index (κ3) is 2.10.